The van der Waals surface area contributed by atoms with E-state index in [2.05, 4.69) is 5.32 Å². The van der Waals surface area contributed by atoms with Gasteiger partial charge in [0, 0.05) is 20.6 Å². The summed E-state index contributed by atoms with van der Waals surface area (Å²) in [6.07, 6.45) is -1.76. The fourth-order valence-electron chi connectivity index (χ4n) is 6.64. The highest BCUT2D eigenvalue weighted by Gasteiger charge is 2.39. The van der Waals surface area contributed by atoms with Gasteiger partial charge in [0.1, 0.15) is 5.60 Å². The molecule has 2 amide bonds. The molecule has 3 N–H and O–H groups in total. The molecule has 5 atom stereocenters. The molecular weight excluding hydrogens is 704 g/mol. The Labute approximate surface area is 326 Å². The van der Waals surface area contributed by atoms with E-state index in [1.165, 1.54) is 0 Å². The number of carbonyl (C=O) groups is 2. The van der Waals surface area contributed by atoms with Gasteiger partial charge in [-0.3, -0.25) is 4.79 Å². The highest BCUT2D eigenvalue weighted by Crippen LogP contribution is 2.38. The zero-order valence-corrected chi connectivity index (χ0v) is 33.0. The highest BCUT2D eigenvalue weighted by molar-refractivity contribution is 5.84. The number of amides is 2. The molecule has 0 saturated heterocycles. The molecule has 0 aliphatic heterocycles. The van der Waals surface area contributed by atoms with E-state index < -0.39 is 41.9 Å². The molecule has 12 nitrogen and oxygen atoms in total. The van der Waals surface area contributed by atoms with Gasteiger partial charge in [0.05, 0.1) is 89.7 Å². The lowest BCUT2D eigenvalue weighted by Gasteiger charge is -2.34. The molecule has 0 radical (unpaired) electrons. The maximum atomic E-state index is 14.5. The van der Waals surface area contributed by atoms with Crippen LogP contribution >= 0.6 is 0 Å². The van der Waals surface area contributed by atoms with E-state index in [-0.39, 0.29) is 12.3 Å². The molecule has 55 heavy (non-hydrogen) atoms. The van der Waals surface area contributed by atoms with Crippen molar-refractivity contribution >= 4 is 12.0 Å². The normalized spacial score (nSPS) is 16.9. The molecule has 4 rings (SSSR count). The Morgan fingerprint density at radius 3 is 2.00 bits per heavy atom. The molecule has 1 aliphatic rings. The number of aliphatic hydroxyl groups is 2. The molecular formula is C43H60N2O10. The smallest absolute Gasteiger partial charge is 0.407 e. The van der Waals surface area contributed by atoms with Crippen LogP contribution in [0, 0.1) is 0 Å². The van der Waals surface area contributed by atoms with Gasteiger partial charge in [0.2, 0.25) is 5.91 Å². The number of alkyl carbamates (subject to hydrolysis) is 1. The molecule has 0 heterocycles. The lowest BCUT2D eigenvalue weighted by atomic mass is 9.87. The van der Waals surface area contributed by atoms with Gasteiger partial charge in [0.25, 0.3) is 0 Å². The van der Waals surface area contributed by atoms with E-state index in [1.54, 1.807) is 39.8 Å². The van der Waals surface area contributed by atoms with E-state index in [9.17, 15) is 19.8 Å². The highest BCUT2D eigenvalue weighted by atomic mass is 16.6. The molecule has 302 valence electrons. The molecule has 0 fully saturated rings. The van der Waals surface area contributed by atoms with Crippen molar-refractivity contribution in [2.75, 3.05) is 67.0 Å². The van der Waals surface area contributed by atoms with Crippen LogP contribution in [0.2, 0.25) is 0 Å². The lowest BCUT2D eigenvalue weighted by molar-refractivity contribution is -0.136. The van der Waals surface area contributed by atoms with Gasteiger partial charge in [-0.2, -0.15) is 0 Å². The van der Waals surface area contributed by atoms with Crippen molar-refractivity contribution in [3.8, 4) is 0 Å². The van der Waals surface area contributed by atoms with Crippen molar-refractivity contribution in [3.63, 3.8) is 0 Å². The standard InChI is InChI=1S/C43H60N2O10/c1-43(2,3)55-42(49)44-37(27-31-11-7-6-8-12-31)38(46)29-36(41(48)45(4)40-35-14-10-9-13-34(35)28-39(40)47)33-17-15-32(16-18-33)30-54-26-25-53-24-23-52-22-21-51-20-19-50-5/h6-18,36-40,46-47H,19-30H2,1-5H3,(H,44,49)/t36-,37+,38+,39-,40+/m1/s1. The second kappa shape index (κ2) is 22.6. The summed E-state index contributed by atoms with van der Waals surface area (Å²) in [7, 11) is 3.33. The fourth-order valence-corrected chi connectivity index (χ4v) is 6.64. The average Bonchev–Trinajstić information content (AvgIpc) is 3.50. The first-order valence-electron chi connectivity index (χ1n) is 19.1. The van der Waals surface area contributed by atoms with Crippen molar-refractivity contribution in [1.29, 1.82) is 0 Å². The molecule has 0 aromatic heterocycles. The maximum absolute atomic E-state index is 14.5. The van der Waals surface area contributed by atoms with Crippen molar-refractivity contribution in [1.82, 2.24) is 10.2 Å². The van der Waals surface area contributed by atoms with Gasteiger partial charge in [-0.1, -0.05) is 78.9 Å². The minimum absolute atomic E-state index is 0.0126. The molecule has 3 aromatic carbocycles. The number of ether oxygens (including phenoxy) is 6. The third-order valence-corrected chi connectivity index (χ3v) is 9.37. The van der Waals surface area contributed by atoms with Crippen LogP contribution in [0.3, 0.4) is 0 Å². The Morgan fingerprint density at radius 1 is 0.800 bits per heavy atom. The summed E-state index contributed by atoms with van der Waals surface area (Å²) in [5, 5.41) is 25.8. The second-order valence-electron chi connectivity index (χ2n) is 14.8. The van der Waals surface area contributed by atoms with Gasteiger partial charge in [-0.15, -0.1) is 0 Å². The molecule has 0 saturated carbocycles. The Bertz CT molecular complexity index is 1570. The summed E-state index contributed by atoms with van der Waals surface area (Å²) in [5.74, 6) is -1.04. The average molecular weight is 765 g/mol. The summed E-state index contributed by atoms with van der Waals surface area (Å²) in [6, 6.07) is 23.6. The van der Waals surface area contributed by atoms with Crippen LogP contribution in [-0.4, -0.2) is 118 Å². The summed E-state index contributed by atoms with van der Waals surface area (Å²) >= 11 is 0. The first-order valence-corrected chi connectivity index (χ1v) is 19.1. The van der Waals surface area contributed by atoms with Gasteiger partial charge in [-0.25, -0.2) is 4.79 Å². The largest absolute Gasteiger partial charge is 0.444 e. The Kier molecular flexibility index (Phi) is 18.0. The zero-order valence-electron chi connectivity index (χ0n) is 33.0. The number of nitrogens with one attached hydrogen (secondary N) is 1. The first-order chi connectivity index (χ1) is 26.5. The summed E-state index contributed by atoms with van der Waals surface area (Å²) < 4.78 is 32.8. The van der Waals surface area contributed by atoms with E-state index in [4.69, 9.17) is 28.4 Å². The number of carbonyl (C=O) groups excluding carboxylic acids is 2. The molecule has 3 aromatic rings. The van der Waals surface area contributed by atoms with Crippen LogP contribution in [0.4, 0.5) is 4.79 Å². The number of fused-ring (bicyclic) bond motifs is 1. The van der Waals surface area contributed by atoms with Crippen LogP contribution in [0.1, 0.15) is 67.0 Å². The van der Waals surface area contributed by atoms with Crippen LogP contribution in [0.15, 0.2) is 78.9 Å². The van der Waals surface area contributed by atoms with Crippen LogP contribution < -0.4 is 5.32 Å². The lowest BCUT2D eigenvalue weighted by Crippen LogP contribution is -2.48. The predicted molar refractivity (Wildman–Crippen MR) is 209 cm³/mol. The first kappa shape index (κ1) is 43.8. The van der Waals surface area contributed by atoms with Crippen LogP contribution in [0.5, 0.6) is 0 Å². The Morgan fingerprint density at radius 2 is 1.38 bits per heavy atom. The third-order valence-electron chi connectivity index (χ3n) is 9.37. The van der Waals surface area contributed by atoms with Crippen LogP contribution in [0.25, 0.3) is 0 Å². The fraction of sp³-hybridized carbons (Fsp3) is 0.535. The minimum Gasteiger partial charge on any atom is -0.444 e. The van der Waals surface area contributed by atoms with Crippen molar-refractivity contribution < 1.29 is 48.2 Å². The van der Waals surface area contributed by atoms with Gasteiger partial charge >= 0.3 is 6.09 Å². The van der Waals surface area contributed by atoms with E-state index in [0.717, 1.165) is 22.3 Å². The second-order valence-corrected chi connectivity index (χ2v) is 14.8. The maximum Gasteiger partial charge on any atom is 0.407 e. The molecule has 0 unspecified atom stereocenters. The van der Waals surface area contributed by atoms with E-state index in [1.807, 2.05) is 78.9 Å². The van der Waals surface area contributed by atoms with E-state index in [0.29, 0.717) is 77.9 Å². The summed E-state index contributed by atoms with van der Waals surface area (Å²) in [6.45, 7) is 9.53. The van der Waals surface area contributed by atoms with Crippen molar-refractivity contribution in [2.24, 2.45) is 0 Å². The van der Waals surface area contributed by atoms with Gasteiger partial charge in [-0.05, 0) is 61.4 Å². The molecule has 12 heteroatoms. The minimum atomic E-state index is -1.13. The summed E-state index contributed by atoms with van der Waals surface area (Å²) in [5.41, 5.74) is 3.70. The monoisotopic (exact) mass is 764 g/mol. The van der Waals surface area contributed by atoms with Crippen molar-refractivity contribution in [3.05, 3.63) is 107 Å². The third kappa shape index (κ3) is 14.6. The van der Waals surface area contributed by atoms with Gasteiger partial charge in [0.15, 0.2) is 0 Å². The number of benzene rings is 3. The number of hydrogen-bond donors (Lipinski definition) is 3. The molecule has 1 aliphatic carbocycles. The van der Waals surface area contributed by atoms with Crippen molar-refractivity contribution in [2.45, 2.75) is 82.5 Å². The number of nitrogens with zero attached hydrogens (tertiary/aromatic N) is 1. The number of likely N-dealkylation sites (N-methyl/N-ethyl adjacent to an activating group) is 1. The number of aliphatic hydroxyl groups excluding tert-OH is 2. The Balaban J connectivity index is 1.42. The quantitative estimate of drug-likeness (QED) is 0.113. The topological polar surface area (TPSA) is 145 Å². The number of hydrogen-bond acceptors (Lipinski definition) is 10. The number of methoxy groups -OCH3 is 1. The predicted octanol–water partition coefficient (Wildman–Crippen LogP) is 4.99. The van der Waals surface area contributed by atoms with E-state index >= 15 is 0 Å². The Hall–Kier alpha value is -3.88. The number of rotatable bonds is 23. The zero-order chi connectivity index (χ0) is 39.6. The summed E-state index contributed by atoms with van der Waals surface area (Å²) in [4.78, 5) is 29.1. The van der Waals surface area contributed by atoms with Gasteiger partial charge < -0.3 is 48.9 Å². The molecule has 0 spiro atoms. The SMILES string of the molecule is COCCOCCOCCOCCOCc1ccc([C@@H](C[C@H](O)[C@H](Cc2ccccc2)NC(=O)OC(C)(C)C)C(=O)N(C)[C@H]2c3ccccc3C[C@H]2O)cc1. The van der Waals surface area contributed by atoms with Crippen LogP contribution in [-0.2, 0) is 52.7 Å². The molecule has 0 bridgehead atoms.